The van der Waals surface area contributed by atoms with Gasteiger partial charge in [0.05, 0.1) is 26.4 Å². The van der Waals surface area contributed by atoms with E-state index < -0.39 is 91.5 Å². The highest BCUT2D eigenvalue weighted by atomic mass is 31.2. The predicted molar refractivity (Wildman–Crippen MR) is 325 cm³/mol. The number of esters is 3. The summed E-state index contributed by atoms with van der Waals surface area (Å²) in [6.07, 6.45) is 55.7. The molecule has 0 aromatic heterocycles. The molecule has 0 radical (unpaired) electrons. The Morgan fingerprint density at radius 2 is 0.654 bits per heavy atom. The van der Waals surface area contributed by atoms with Gasteiger partial charge in [0.1, 0.15) is 25.4 Å². The lowest BCUT2D eigenvalue weighted by atomic mass is 10.1. The smallest absolute Gasteiger partial charge is 0.463 e. The lowest BCUT2D eigenvalue weighted by Gasteiger charge is -2.21. The Kier molecular flexibility index (Phi) is 55.7. The summed E-state index contributed by atoms with van der Waals surface area (Å²) in [5.74, 6) is -1.59. The van der Waals surface area contributed by atoms with Gasteiger partial charge in [-0.15, -0.1) is 0 Å². The first-order chi connectivity index (χ1) is 39.2. The van der Waals surface area contributed by atoms with E-state index in [0.717, 1.165) is 128 Å². The molecule has 0 rings (SSSR count). The van der Waals surface area contributed by atoms with E-state index in [9.17, 15) is 43.5 Å². The molecule has 0 aliphatic rings. The van der Waals surface area contributed by atoms with Crippen molar-refractivity contribution in [3.8, 4) is 0 Å². The first-order valence-electron chi connectivity index (χ1n) is 31.6. The Morgan fingerprint density at radius 3 is 1.05 bits per heavy atom. The van der Waals surface area contributed by atoms with E-state index in [1.807, 2.05) is 0 Å². The zero-order chi connectivity index (χ0) is 59.6. The van der Waals surface area contributed by atoms with Crippen LogP contribution in [-0.2, 0) is 55.8 Å². The van der Waals surface area contributed by atoms with Gasteiger partial charge in [-0.05, 0) is 83.5 Å². The van der Waals surface area contributed by atoms with E-state index in [4.69, 9.17) is 32.3 Å². The van der Waals surface area contributed by atoms with E-state index in [1.54, 1.807) is 0 Å². The molecule has 16 nitrogen and oxygen atoms in total. The molecule has 0 aliphatic carbocycles. The fourth-order valence-corrected chi connectivity index (χ4v) is 9.96. The quantitative estimate of drug-likeness (QED) is 0.0146. The number of carbonyl (C=O) groups is 3. The van der Waals surface area contributed by atoms with Crippen molar-refractivity contribution < 1.29 is 75.8 Å². The SMILES string of the molecule is CC/C=C\C/C=C\C/C=C\C/C=C\CCCCCCCCC(=O)OCC(O)COP(=O)(O)OCC(O)COP(=O)(O)OCC(COC(=O)CCCCCCC/C=C\CCCCCCCC)OC(=O)CCCCCCCCCCCCC. The van der Waals surface area contributed by atoms with Crippen LogP contribution in [0.4, 0.5) is 0 Å². The summed E-state index contributed by atoms with van der Waals surface area (Å²) in [5.41, 5.74) is 0. The average molecular weight is 1190 g/mol. The standard InChI is InChI=1S/C63H114O16P2/c1-4-7-10-13-16-19-22-24-26-27-28-29-31-33-35-37-40-43-46-49-61(66)73-52-58(64)53-75-80(69,70)76-54-59(65)55-77-81(71,72)78-57-60(79-63(68)51-48-45-42-39-34-21-18-15-12-9-6-3)56-74-62(67)50-47-44-41-38-36-32-30-25-23-20-17-14-11-8-5-2/h7,10,16,19,24-26,28-30,58-60,64-65H,4-6,8-9,11-15,17-18,20-23,27,31-57H2,1-3H3,(H,69,70)(H,71,72)/b10-7-,19-16-,26-24-,29-28-,30-25-. The van der Waals surface area contributed by atoms with Crippen molar-refractivity contribution in [2.24, 2.45) is 0 Å². The summed E-state index contributed by atoms with van der Waals surface area (Å²) >= 11 is 0. The average Bonchev–Trinajstić information content (AvgIpc) is 3.44. The number of aliphatic hydroxyl groups excluding tert-OH is 2. The third-order valence-corrected chi connectivity index (χ3v) is 15.1. The number of allylic oxidation sites excluding steroid dienone is 10. The number of phosphoric acid groups is 2. The molecular formula is C63H114O16P2. The van der Waals surface area contributed by atoms with E-state index in [-0.39, 0.29) is 19.3 Å². The molecule has 0 fully saturated rings. The third-order valence-electron chi connectivity index (χ3n) is 13.2. The van der Waals surface area contributed by atoms with Crippen molar-refractivity contribution in [1.82, 2.24) is 0 Å². The van der Waals surface area contributed by atoms with Gasteiger partial charge >= 0.3 is 33.6 Å². The lowest BCUT2D eigenvalue weighted by Crippen LogP contribution is -2.30. The highest BCUT2D eigenvalue weighted by molar-refractivity contribution is 7.47. The number of carbonyl (C=O) groups excluding carboxylic acids is 3. The summed E-state index contributed by atoms with van der Waals surface area (Å²) in [5, 5.41) is 20.5. The monoisotopic (exact) mass is 1190 g/mol. The Labute approximate surface area is 490 Å². The zero-order valence-electron chi connectivity index (χ0n) is 50.7. The number of aliphatic hydroxyl groups is 2. The largest absolute Gasteiger partial charge is 0.472 e. The number of rotatable bonds is 60. The van der Waals surface area contributed by atoms with Crippen molar-refractivity contribution in [1.29, 1.82) is 0 Å². The molecule has 4 N–H and O–H groups in total. The molecule has 0 bridgehead atoms. The molecule has 5 atom stereocenters. The van der Waals surface area contributed by atoms with Gasteiger partial charge in [0.2, 0.25) is 0 Å². The molecule has 0 aromatic rings. The molecule has 0 spiro atoms. The second-order valence-electron chi connectivity index (χ2n) is 21.2. The maximum Gasteiger partial charge on any atom is 0.472 e. The third kappa shape index (κ3) is 58.8. The number of hydrogen-bond donors (Lipinski definition) is 4. The number of hydrogen-bond acceptors (Lipinski definition) is 14. The van der Waals surface area contributed by atoms with Gasteiger partial charge in [-0.2, -0.15) is 0 Å². The van der Waals surface area contributed by atoms with Gasteiger partial charge in [-0.25, -0.2) is 9.13 Å². The fraction of sp³-hybridized carbons (Fsp3) is 0.794. The molecule has 81 heavy (non-hydrogen) atoms. The summed E-state index contributed by atoms with van der Waals surface area (Å²) in [6, 6.07) is 0. The van der Waals surface area contributed by atoms with Gasteiger partial charge in [-0.3, -0.25) is 32.5 Å². The maximum absolute atomic E-state index is 12.8. The highest BCUT2D eigenvalue weighted by Gasteiger charge is 2.29. The molecule has 5 unspecified atom stereocenters. The number of unbranched alkanes of at least 4 members (excludes halogenated alkanes) is 27. The minimum atomic E-state index is -4.91. The summed E-state index contributed by atoms with van der Waals surface area (Å²) in [4.78, 5) is 58.1. The lowest BCUT2D eigenvalue weighted by molar-refractivity contribution is -0.161. The van der Waals surface area contributed by atoms with Crippen molar-refractivity contribution >= 4 is 33.6 Å². The molecule has 0 aromatic carbocycles. The molecule has 0 saturated heterocycles. The zero-order valence-corrected chi connectivity index (χ0v) is 52.5. The van der Waals surface area contributed by atoms with Crippen LogP contribution < -0.4 is 0 Å². The number of phosphoric ester groups is 2. The normalized spacial score (nSPS) is 14.8. The highest BCUT2D eigenvalue weighted by Crippen LogP contribution is 2.45. The fourth-order valence-electron chi connectivity index (χ4n) is 8.38. The minimum Gasteiger partial charge on any atom is -0.463 e. The molecule has 0 aliphatic heterocycles. The number of ether oxygens (including phenoxy) is 3. The van der Waals surface area contributed by atoms with Crippen molar-refractivity contribution in [3.63, 3.8) is 0 Å². The predicted octanol–water partition coefficient (Wildman–Crippen LogP) is 16.6. The first-order valence-corrected chi connectivity index (χ1v) is 34.6. The van der Waals surface area contributed by atoms with E-state index >= 15 is 0 Å². The topological polar surface area (TPSA) is 231 Å². The molecule has 472 valence electrons. The van der Waals surface area contributed by atoms with Gasteiger partial charge in [0.25, 0.3) is 0 Å². The summed E-state index contributed by atoms with van der Waals surface area (Å²) in [7, 11) is -9.76. The molecule has 18 heteroatoms. The van der Waals surface area contributed by atoms with Crippen LogP contribution in [0.3, 0.4) is 0 Å². The van der Waals surface area contributed by atoms with E-state index in [0.29, 0.717) is 19.3 Å². The van der Waals surface area contributed by atoms with Crippen LogP contribution in [0.1, 0.15) is 265 Å². The Morgan fingerprint density at radius 1 is 0.358 bits per heavy atom. The van der Waals surface area contributed by atoms with Crippen LogP contribution >= 0.6 is 15.6 Å². The molecule has 0 saturated carbocycles. The van der Waals surface area contributed by atoms with Crippen LogP contribution in [-0.4, -0.2) is 95.9 Å². The van der Waals surface area contributed by atoms with E-state index in [2.05, 4.69) is 81.5 Å². The van der Waals surface area contributed by atoms with E-state index in [1.165, 1.54) is 77.0 Å². The first kappa shape index (κ1) is 78.2. The van der Waals surface area contributed by atoms with Gasteiger partial charge in [0, 0.05) is 19.3 Å². The summed E-state index contributed by atoms with van der Waals surface area (Å²) < 4.78 is 60.6. The van der Waals surface area contributed by atoms with Crippen LogP contribution in [0.15, 0.2) is 60.8 Å². The molecule has 0 heterocycles. The van der Waals surface area contributed by atoms with Gasteiger partial charge in [0.15, 0.2) is 6.10 Å². The minimum absolute atomic E-state index is 0.108. The Hall–Kier alpha value is -2.75. The van der Waals surface area contributed by atoms with Crippen LogP contribution in [0.5, 0.6) is 0 Å². The van der Waals surface area contributed by atoms with Crippen molar-refractivity contribution in [2.75, 3.05) is 39.6 Å². The second-order valence-corrected chi connectivity index (χ2v) is 24.1. The Bertz CT molecular complexity index is 1730. The molecule has 0 amide bonds. The maximum atomic E-state index is 12.8. The van der Waals surface area contributed by atoms with Crippen LogP contribution in [0.25, 0.3) is 0 Å². The van der Waals surface area contributed by atoms with Gasteiger partial charge in [-0.1, -0.05) is 223 Å². The van der Waals surface area contributed by atoms with Crippen molar-refractivity contribution in [3.05, 3.63) is 60.8 Å². The Balaban J connectivity index is 4.60. The summed E-state index contributed by atoms with van der Waals surface area (Å²) in [6.45, 7) is 2.52. The van der Waals surface area contributed by atoms with Crippen LogP contribution in [0.2, 0.25) is 0 Å². The van der Waals surface area contributed by atoms with Gasteiger partial charge < -0.3 is 34.2 Å². The van der Waals surface area contributed by atoms with Crippen LogP contribution in [0, 0.1) is 0 Å². The molecular weight excluding hydrogens is 1070 g/mol. The second kappa shape index (κ2) is 57.7. The van der Waals surface area contributed by atoms with Crippen molar-refractivity contribution in [2.45, 2.75) is 283 Å².